The van der Waals surface area contributed by atoms with Crippen LogP contribution in [0, 0.1) is 6.92 Å². The fourth-order valence-electron chi connectivity index (χ4n) is 2.11. The number of carbonyl (C=O) groups excluding carboxylic acids is 1. The maximum absolute atomic E-state index is 12.2. The molecule has 0 spiro atoms. The van der Waals surface area contributed by atoms with E-state index in [4.69, 9.17) is 10.5 Å². The van der Waals surface area contributed by atoms with Crippen LogP contribution in [-0.2, 0) is 0 Å². The monoisotopic (exact) mass is 356 g/mol. The van der Waals surface area contributed by atoms with Gasteiger partial charge in [0.15, 0.2) is 5.69 Å². The first-order valence-corrected chi connectivity index (χ1v) is 7.67. The van der Waals surface area contributed by atoms with Gasteiger partial charge in [0.1, 0.15) is 5.75 Å². The molecule has 11 nitrogen and oxygen atoms in total. The second-order valence-electron chi connectivity index (χ2n) is 5.11. The van der Waals surface area contributed by atoms with Gasteiger partial charge in [0.25, 0.3) is 5.91 Å². The van der Waals surface area contributed by atoms with E-state index < -0.39 is 5.91 Å². The molecule has 0 saturated heterocycles. The highest BCUT2D eigenvalue weighted by Crippen LogP contribution is 2.14. The fourth-order valence-corrected chi connectivity index (χ4v) is 2.11. The zero-order valence-corrected chi connectivity index (χ0v) is 14.1. The molecular weight excluding hydrogens is 340 g/mol. The van der Waals surface area contributed by atoms with E-state index >= 15 is 0 Å². The molecule has 26 heavy (non-hydrogen) atoms. The molecule has 3 aromatic rings. The van der Waals surface area contributed by atoms with E-state index in [0.29, 0.717) is 12.3 Å². The average Bonchev–Trinajstić information content (AvgIpc) is 3.22. The Morgan fingerprint density at radius 1 is 1.38 bits per heavy atom. The maximum Gasteiger partial charge on any atom is 0.293 e. The highest BCUT2D eigenvalue weighted by atomic mass is 16.6. The number of benzene rings is 1. The first-order chi connectivity index (χ1) is 12.6. The molecule has 0 radical (unpaired) electrons. The summed E-state index contributed by atoms with van der Waals surface area (Å²) in [5, 5.41) is 18.6. The molecule has 3 N–H and O–H groups in total. The number of aromatic nitrogens is 5. The Bertz CT molecular complexity index is 929. The smallest absolute Gasteiger partial charge is 0.293 e. The number of nitrogens with two attached hydrogens (primary N) is 1. The highest BCUT2D eigenvalue weighted by molar-refractivity contribution is 5.94. The van der Waals surface area contributed by atoms with Crippen molar-refractivity contribution < 1.29 is 14.2 Å². The normalized spacial score (nSPS) is 11.0. The van der Waals surface area contributed by atoms with Gasteiger partial charge in [0, 0.05) is 0 Å². The van der Waals surface area contributed by atoms with Crippen LogP contribution in [-0.4, -0.2) is 44.0 Å². The summed E-state index contributed by atoms with van der Waals surface area (Å²) in [5.41, 5.74) is 9.31. The first kappa shape index (κ1) is 17.1. The molecule has 2 aromatic heterocycles. The number of anilines is 1. The Kier molecular flexibility index (Phi) is 4.87. The van der Waals surface area contributed by atoms with E-state index in [9.17, 15) is 4.79 Å². The van der Waals surface area contributed by atoms with Gasteiger partial charge in [-0.15, -0.1) is 5.10 Å². The summed E-state index contributed by atoms with van der Waals surface area (Å²) >= 11 is 0. The summed E-state index contributed by atoms with van der Waals surface area (Å²) in [7, 11) is 0. The minimum absolute atomic E-state index is 0.0403. The average molecular weight is 356 g/mol. The van der Waals surface area contributed by atoms with E-state index in [1.165, 1.54) is 10.9 Å². The lowest BCUT2D eigenvalue weighted by molar-refractivity contribution is 0.0949. The molecule has 1 amide bonds. The predicted molar refractivity (Wildman–Crippen MR) is 91.0 cm³/mol. The van der Waals surface area contributed by atoms with Crippen LogP contribution in [0.15, 0.2) is 34.0 Å². The Labute approximate surface area is 147 Å². The first-order valence-electron chi connectivity index (χ1n) is 7.67. The van der Waals surface area contributed by atoms with Crippen molar-refractivity contribution in [3.63, 3.8) is 0 Å². The molecule has 0 aliphatic heterocycles. The number of nitrogen functional groups attached to an aromatic ring is 1. The van der Waals surface area contributed by atoms with Crippen molar-refractivity contribution in [1.82, 2.24) is 30.7 Å². The molecular formula is C15H16N8O3. The third-order valence-electron chi connectivity index (χ3n) is 3.38. The quantitative estimate of drug-likeness (QED) is 0.485. The molecule has 0 aliphatic rings. The van der Waals surface area contributed by atoms with Gasteiger partial charge in [-0.1, -0.05) is 5.21 Å². The maximum atomic E-state index is 12.2. The van der Waals surface area contributed by atoms with Crippen molar-refractivity contribution >= 4 is 17.9 Å². The third kappa shape index (κ3) is 3.50. The van der Waals surface area contributed by atoms with Crippen molar-refractivity contribution in [2.45, 2.75) is 13.8 Å². The minimum Gasteiger partial charge on any atom is -0.494 e. The van der Waals surface area contributed by atoms with Crippen LogP contribution >= 0.6 is 0 Å². The van der Waals surface area contributed by atoms with Crippen LogP contribution < -0.4 is 15.9 Å². The number of nitrogens with zero attached hydrogens (tertiary/aromatic N) is 6. The molecule has 0 aliphatic carbocycles. The Morgan fingerprint density at radius 3 is 2.81 bits per heavy atom. The van der Waals surface area contributed by atoms with Crippen LogP contribution in [0.25, 0.3) is 5.82 Å². The lowest BCUT2D eigenvalue weighted by Gasteiger charge is -2.02. The number of hydrazone groups is 1. The lowest BCUT2D eigenvalue weighted by atomic mass is 10.2. The van der Waals surface area contributed by atoms with Gasteiger partial charge in [-0.25, -0.2) is 10.1 Å². The molecule has 1 aromatic carbocycles. The predicted octanol–water partition coefficient (Wildman–Crippen LogP) is 0.704. The van der Waals surface area contributed by atoms with Crippen molar-refractivity contribution in [2.24, 2.45) is 5.10 Å². The molecule has 0 unspecified atom stereocenters. The van der Waals surface area contributed by atoms with Gasteiger partial charge in [-0.2, -0.15) is 9.78 Å². The molecule has 134 valence electrons. The molecule has 0 fully saturated rings. The molecule has 0 bridgehead atoms. The standard InChI is InChI=1S/C15H16N8O3/c1-3-25-11-6-4-10(5-7-11)8-17-19-15(24)12-9(2)23(22-18-12)14-13(16)20-26-21-14/h4-8H,3H2,1-2H3,(H2,16,20)(H,19,24)/b17-8+. The van der Waals surface area contributed by atoms with E-state index in [-0.39, 0.29) is 17.3 Å². The Hall–Kier alpha value is -3.76. The second kappa shape index (κ2) is 7.42. The lowest BCUT2D eigenvalue weighted by Crippen LogP contribution is -2.19. The summed E-state index contributed by atoms with van der Waals surface area (Å²) in [6.45, 7) is 4.15. The summed E-state index contributed by atoms with van der Waals surface area (Å²) in [4.78, 5) is 12.2. The number of amides is 1. The summed E-state index contributed by atoms with van der Waals surface area (Å²) in [6, 6.07) is 7.28. The van der Waals surface area contributed by atoms with Crippen molar-refractivity contribution in [3.8, 4) is 11.6 Å². The molecule has 0 atom stereocenters. The Morgan fingerprint density at radius 2 is 2.15 bits per heavy atom. The topological polar surface area (TPSA) is 146 Å². The van der Waals surface area contributed by atoms with Gasteiger partial charge in [0.05, 0.1) is 18.5 Å². The zero-order valence-electron chi connectivity index (χ0n) is 14.1. The van der Waals surface area contributed by atoms with Crippen LogP contribution in [0.1, 0.15) is 28.7 Å². The van der Waals surface area contributed by atoms with Crippen molar-refractivity contribution in [3.05, 3.63) is 41.2 Å². The van der Waals surface area contributed by atoms with Gasteiger partial charge in [0.2, 0.25) is 11.6 Å². The number of ether oxygens (including phenoxy) is 1. The van der Waals surface area contributed by atoms with Crippen LogP contribution in [0.5, 0.6) is 5.75 Å². The van der Waals surface area contributed by atoms with E-state index in [0.717, 1.165) is 11.3 Å². The molecule has 3 rings (SSSR count). The van der Waals surface area contributed by atoms with E-state index in [1.54, 1.807) is 6.92 Å². The SMILES string of the molecule is CCOc1ccc(/C=N/NC(=O)c2nnn(-c3nonc3N)c2C)cc1. The van der Waals surface area contributed by atoms with Crippen molar-refractivity contribution in [1.29, 1.82) is 0 Å². The van der Waals surface area contributed by atoms with E-state index in [1.807, 2.05) is 31.2 Å². The summed E-state index contributed by atoms with van der Waals surface area (Å²) < 4.78 is 11.1. The number of hydrogen-bond acceptors (Lipinski definition) is 9. The molecule has 11 heteroatoms. The number of nitrogens with one attached hydrogen (secondary N) is 1. The molecule has 0 saturated carbocycles. The summed E-state index contributed by atoms with van der Waals surface area (Å²) in [5.74, 6) is 0.443. The van der Waals surface area contributed by atoms with E-state index in [2.05, 4.69) is 35.8 Å². The van der Waals surface area contributed by atoms with Crippen LogP contribution in [0.3, 0.4) is 0 Å². The molecule has 2 heterocycles. The van der Waals surface area contributed by atoms with Crippen molar-refractivity contribution in [2.75, 3.05) is 12.3 Å². The number of hydrogen-bond donors (Lipinski definition) is 2. The zero-order chi connectivity index (χ0) is 18.5. The number of carbonyl (C=O) groups is 1. The van der Waals surface area contributed by atoms with Gasteiger partial charge < -0.3 is 10.5 Å². The second-order valence-corrected chi connectivity index (χ2v) is 5.11. The van der Waals surface area contributed by atoms with Crippen LogP contribution in [0.2, 0.25) is 0 Å². The highest BCUT2D eigenvalue weighted by Gasteiger charge is 2.20. The van der Waals surface area contributed by atoms with Gasteiger partial charge in [-0.3, -0.25) is 4.79 Å². The third-order valence-corrected chi connectivity index (χ3v) is 3.38. The minimum atomic E-state index is -0.522. The fraction of sp³-hybridized carbons (Fsp3) is 0.200. The van der Waals surface area contributed by atoms with Crippen LogP contribution in [0.4, 0.5) is 5.82 Å². The summed E-state index contributed by atoms with van der Waals surface area (Å²) in [6.07, 6.45) is 1.51. The Balaban J connectivity index is 1.67. The number of rotatable bonds is 6. The van der Waals surface area contributed by atoms with Gasteiger partial charge >= 0.3 is 0 Å². The van der Waals surface area contributed by atoms with Gasteiger partial charge in [-0.05, 0) is 54.0 Å². The largest absolute Gasteiger partial charge is 0.494 e.